The van der Waals surface area contributed by atoms with Crippen molar-refractivity contribution in [1.82, 2.24) is 14.8 Å². The quantitative estimate of drug-likeness (QED) is 0.225. The first kappa shape index (κ1) is 19.3. The van der Waals surface area contributed by atoms with Crippen molar-refractivity contribution in [3.63, 3.8) is 0 Å². The Bertz CT molecular complexity index is 1140. The summed E-state index contributed by atoms with van der Waals surface area (Å²) < 4.78 is 16.3. The van der Waals surface area contributed by atoms with Crippen molar-refractivity contribution in [1.29, 1.82) is 0 Å². The summed E-state index contributed by atoms with van der Waals surface area (Å²) in [4.78, 5) is 10.5. The molecule has 0 spiro atoms. The molecule has 0 saturated heterocycles. The lowest BCUT2D eigenvalue weighted by Crippen LogP contribution is -2.05. The Morgan fingerprint density at radius 3 is 2.55 bits per heavy atom. The molecular formula is C20H15FN4O2S2. The van der Waals surface area contributed by atoms with E-state index < -0.39 is 4.92 Å². The van der Waals surface area contributed by atoms with Crippen LogP contribution >= 0.6 is 23.1 Å². The molecule has 0 saturated carbocycles. The Labute approximate surface area is 174 Å². The van der Waals surface area contributed by atoms with Gasteiger partial charge in [0.15, 0.2) is 11.0 Å². The highest BCUT2D eigenvalue weighted by Gasteiger charge is 2.18. The fourth-order valence-electron chi connectivity index (χ4n) is 2.83. The van der Waals surface area contributed by atoms with Crippen molar-refractivity contribution < 1.29 is 9.31 Å². The van der Waals surface area contributed by atoms with Gasteiger partial charge in [-0.05, 0) is 23.3 Å². The smallest absolute Gasteiger partial charge is 0.297 e. The van der Waals surface area contributed by atoms with E-state index in [0.29, 0.717) is 28.8 Å². The summed E-state index contributed by atoms with van der Waals surface area (Å²) >= 11 is 2.52. The van der Waals surface area contributed by atoms with Crippen LogP contribution in [0, 0.1) is 15.9 Å². The van der Waals surface area contributed by atoms with E-state index in [-0.39, 0.29) is 10.8 Å². The van der Waals surface area contributed by atoms with E-state index in [4.69, 9.17) is 0 Å². The normalized spacial score (nSPS) is 10.9. The maximum Gasteiger partial charge on any atom is 0.324 e. The number of nitrogens with zero attached hydrogens (tertiary/aromatic N) is 4. The molecule has 0 aliphatic rings. The Hall–Kier alpha value is -3.04. The van der Waals surface area contributed by atoms with Crippen molar-refractivity contribution >= 4 is 28.1 Å². The molecule has 2 aromatic carbocycles. The number of halogens is 1. The SMILES string of the molecule is O=[N+]([O-])c1cc(CSc2nnc(-c3ccccc3F)n2Cc2ccccc2)cs1. The highest BCUT2D eigenvalue weighted by Crippen LogP contribution is 2.31. The summed E-state index contributed by atoms with van der Waals surface area (Å²) in [6, 6.07) is 17.8. The van der Waals surface area contributed by atoms with Gasteiger partial charge < -0.3 is 0 Å². The number of aromatic nitrogens is 3. The first-order valence-electron chi connectivity index (χ1n) is 8.68. The number of thioether (sulfide) groups is 1. The molecule has 0 amide bonds. The van der Waals surface area contributed by atoms with Gasteiger partial charge in [-0.3, -0.25) is 14.7 Å². The van der Waals surface area contributed by atoms with Crippen molar-refractivity contribution in [2.75, 3.05) is 0 Å². The van der Waals surface area contributed by atoms with E-state index >= 15 is 0 Å². The van der Waals surface area contributed by atoms with Crippen LogP contribution in [0.2, 0.25) is 0 Å². The zero-order chi connectivity index (χ0) is 20.2. The van der Waals surface area contributed by atoms with E-state index in [1.165, 1.54) is 17.8 Å². The highest BCUT2D eigenvalue weighted by molar-refractivity contribution is 7.98. The Morgan fingerprint density at radius 1 is 1.07 bits per heavy atom. The fourth-order valence-corrected chi connectivity index (χ4v) is 4.53. The number of nitro groups is 1. The Morgan fingerprint density at radius 2 is 1.83 bits per heavy atom. The first-order chi connectivity index (χ1) is 14.1. The lowest BCUT2D eigenvalue weighted by Gasteiger charge is -2.11. The molecule has 0 radical (unpaired) electrons. The third kappa shape index (κ3) is 4.36. The summed E-state index contributed by atoms with van der Waals surface area (Å²) in [6.07, 6.45) is 0. The zero-order valence-corrected chi connectivity index (χ0v) is 16.7. The van der Waals surface area contributed by atoms with Crippen molar-refractivity contribution in [2.24, 2.45) is 0 Å². The van der Waals surface area contributed by atoms with Gasteiger partial charge in [-0.15, -0.1) is 10.2 Å². The molecule has 0 N–H and O–H groups in total. The molecule has 2 aromatic heterocycles. The largest absolute Gasteiger partial charge is 0.324 e. The topological polar surface area (TPSA) is 73.8 Å². The molecule has 9 heteroatoms. The minimum Gasteiger partial charge on any atom is -0.297 e. The summed E-state index contributed by atoms with van der Waals surface area (Å²) in [5.41, 5.74) is 2.26. The fraction of sp³-hybridized carbons (Fsp3) is 0.100. The van der Waals surface area contributed by atoms with Crippen LogP contribution in [-0.2, 0) is 12.3 Å². The van der Waals surface area contributed by atoms with E-state index in [0.717, 1.165) is 22.5 Å². The van der Waals surface area contributed by atoms with Gasteiger partial charge in [-0.2, -0.15) is 0 Å². The summed E-state index contributed by atoms with van der Waals surface area (Å²) in [5, 5.41) is 21.9. The van der Waals surface area contributed by atoms with Crippen molar-refractivity contribution in [3.8, 4) is 11.4 Å². The molecular weight excluding hydrogens is 411 g/mol. The van der Waals surface area contributed by atoms with Gasteiger partial charge >= 0.3 is 5.00 Å². The second kappa shape index (κ2) is 8.54. The van der Waals surface area contributed by atoms with Crippen molar-refractivity contribution in [3.05, 3.63) is 93.1 Å². The van der Waals surface area contributed by atoms with Gasteiger partial charge in [-0.25, -0.2) is 4.39 Å². The second-order valence-corrected chi connectivity index (χ2v) is 8.03. The Kier molecular flexibility index (Phi) is 5.68. The molecule has 29 heavy (non-hydrogen) atoms. The average molecular weight is 426 g/mol. The molecule has 146 valence electrons. The highest BCUT2D eigenvalue weighted by atomic mass is 32.2. The van der Waals surface area contributed by atoms with Crippen LogP contribution in [0.5, 0.6) is 0 Å². The predicted molar refractivity (Wildman–Crippen MR) is 111 cm³/mol. The van der Waals surface area contributed by atoms with Gasteiger partial charge in [0, 0.05) is 17.2 Å². The van der Waals surface area contributed by atoms with E-state index in [9.17, 15) is 14.5 Å². The summed E-state index contributed by atoms with van der Waals surface area (Å²) in [7, 11) is 0. The number of thiophene rings is 1. The van der Waals surface area contributed by atoms with Gasteiger partial charge in [0.25, 0.3) is 0 Å². The van der Waals surface area contributed by atoms with Gasteiger partial charge in [0.05, 0.1) is 17.0 Å². The van der Waals surface area contributed by atoms with E-state index in [2.05, 4.69) is 10.2 Å². The lowest BCUT2D eigenvalue weighted by atomic mass is 10.2. The number of rotatable bonds is 7. The molecule has 0 aliphatic carbocycles. The van der Waals surface area contributed by atoms with Crippen LogP contribution in [0.15, 0.2) is 71.2 Å². The molecule has 0 bridgehead atoms. The summed E-state index contributed by atoms with van der Waals surface area (Å²) in [6.45, 7) is 0.490. The number of benzene rings is 2. The molecule has 4 aromatic rings. The lowest BCUT2D eigenvalue weighted by molar-refractivity contribution is -0.380. The van der Waals surface area contributed by atoms with Crippen LogP contribution in [0.1, 0.15) is 11.1 Å². The third-order valence-corrected chi connectivity index (χ3v) is 6.17. The number of hydrogen-bond acceptors (Lipinski definition) is 6. The minimum atomic E-state index is -0.396. The molecule has 2 heterocycles. The van der Waals surface area contributed by atoms with Gasteiger partial charge in [0.1, 0.15) is 5.82 Å². The molecule has 0 unspecified atom stereocenters. The maximum absolute atomic E-state index is 14.4. The van der Waals surface area contributed by atoms with E-state index in [1.807, 2.05) is 34.9 Å². The van der Waals surface area contributed by atoms with E-state index in [1.54, 1.807) is 29.6 Å². The molecule has 0 aliphatic heterocycles. The predicted octanol–water partition coefficient (Wildman–Crippen LogP) is 5.39. The summed E-state index contributed by atoms with van der Waals surface area (Å²) in [5.74, 6) is 0.596. The standard InChI is InChI=1S/C20H15FN4O2S2/c21-17-9-5-4-8-16(17)19-22-23-20(24(19)11-14-6-2-1-3-7-14)29-13-15-10-18(25(26)27)28-12-15/h1-10,12H,11,13H2. The van der Waals surface area contributed by atoms with Crippen molar-refractivity contribution in [2.45, 2.75) is 17.5 Å². The molecule has 0 fully saturated rings. The maximum atomic E-state index is 14.4. The van der Waals surface area contributed by atoms with Crippen LogP contribution < -0.4 is 0 Å². The molecule has 6 nitrogen and oxygen atoms in total. The van der Waals surface area contributed by atoms with Crippen LogP contribution in [-0.4, -0.2) is 19.7 Å². The average Bonchev–Trinajstić information content (AvgIpc) is 3.35. The van der Waals surface area contributed by atoms with Crippen LogP contribution in [0.25, 0.3) is 11.4 Å². The monoisotopic (exact) mass is 426 g/mol. The first-order valence-corrected chi connectivity index (χ1v) is 10.5. The third-order valence-electron chi connectivity index (χ3n) is 4.20. The minimum absolute atomic E-state index is 0.110. The Balaban J connectivity index is 1.65. The molecule has 4 rings (SSSR count). The molecule has 0 atom stereocenters. The van der Waals surface area contributed by atoms with Gasteiger partial charge in [-0.1, -0.05) is 65.6 Å². The van der Waals surface area contributed by atoms with Crippen LogP contribution in [0.4, 0.5) is 9.39 Å². The zero-order valence-electron chi connectivity index (χ0n) is 15.1. The number of hydrogen-bond donors (Lipinski definition) is 0. The second-order valence-electron chi connectivity index (χ2n) is 6.20. The van der Waals surface area contributed by atoms with Crippen LogP contribution in [0.3, 0.4) is 0 Å². The van der Waals surface area contributed by atoms with Gasteiger partial charge in [0.2, 0.25) is 0 Å².